The summed E-state index contributed by atoms with van der Waals surface area (Å²) < 4.78 is 31.0. The molecule has 0 saturated heterocycles. The lowest BCUT2D eigenvalue weighted by molar-refractivity contribution is -0.144. The number of nitrogens with one attached hydrogen (secondary N) is 2. The van der Waals surface area contributed by atoms with E-state index in [1.807, 2.05) is 6.07 Å². The average Bonchev–Trinajstić information content (AvgIpc) is 2.45. The predicted molar refractivity (Wildman–Crippen MR) is 79.3 cm³/mol. The van der Waals surface area contributed by atoms with E-state index in [4.69, 9.17) is 5.26 Å². The molecule has 0 saturated carbocycles. The molecular formula is C13H17N3O4S. The number of nitrogens with zero attached hydrogens (tertiary/aromatic N) is 1. The maximum atomic E-state index is 12.1. The summed E-state index contributed by atoms with van der Waals surface area (Å²) in [5, 5.41) is 11.7. The minimum absolute atomic E-state index is 0.258. The minimum atomic E-state index is -3.75. The van der Waals surface area contributed by atoms with Gasteiger partial charge in [0, 0.05) is 7.05 Å². The van der Waals surface area contributed by atoms with Crippen LogP contribution in [-0.2, 0) is 19.6 Å². The SMILES string of the molecule is CNc1ccc(C#N)cc1NS(=O)(=O)C[C@H](C)C(=O)OC. The van der Waals surface area contributed by atoms with Crippen LogP contribution in [0.25, 0.3) is 0 Å². The number of anilines is 2. The first-order valence-electron chi connectivity index (χ1n) is 6.13. The fraction of sp³-hybridized carbons (Fsp3) is 0.385. The highest BCUT2D eigenvalue weighted by Gasteiger charge is 2.23. The van der Waals surface area contributed by atoms with Crippen molar-refractivity contribution in [1.82, 2.24) is 0 Å². The molecule has 114 valence electrons. The Balaban J connectivity index is 2.99. The summed E-state index contributed by atoms with van der Waals surface area (Å²) in [6, 6.07) is 6.53. The zero-order valence-corrected chi connectivity index (χ0v) is 12.8. The Morgan fingerprint density at radius 1 is 1.43 bits per heavy atom. The van der Waals surface area contributed by atoms with E-state index in [1.54, 1.807) is 19.2 Å². The fourth-order valence-electron chi connectivity index (χ4n) is 1.72. The average molecular weight is 311 g/mol. The topological polar surface area (TPSA) is 108 Å². The van der Waals surface area contributed by atoms with Crippen LogP contribution in [-0.4, -0.2) is 34.3 Å². The molecule has 2 N–H and O–H groups in total. The number of nitriles is 1. The molecule has 21 heavy (non-hydrogen) atoms. The maximum absolute atomic E-state index is 12.1. The summed E-state index contributed by atoms with van der Waals surface area (Å²) in [7, 11) is -0.909. The number of hydrogen-bond donors (Lipinski definition) is 2. The van der Waals surface area contributed by atoms with Crippen molar-refractivity contribution in [2.75, 3.05) is 29.9 Å². The van der Waals surface area contributed by atoms with Crippen LogP contribution in [0.15, 0.2) is 18.2 Å². The summed E-state index contributed by atoms with van der Waals surface area (Å²) in [6.45, 7) is 1.47. The largest absolute Gasteiger partial charge is 0.469 e. The van der Waals surface area contributed by atoms with Crippen molar-refractivity contribution in [1.29, 1.82) is 5.26 Å². The summed E-state index contributed by atoms with van der Waals surface area (Å²) in [5.41, 5.74) is 1.12. The first kappa shape index (κ1) is 16.8. The van der Waals surface area contributed by atoms with Crippen molar-refractivity contribution in [2.45, 2.75) is 6.92 Å². The van der Waals surface area contributed by atoms with Gasteiger partial charge in [-0.05, 0) is 18.2 Å². The molecule has 0 aliphatic heterocycles. The molecule has 0 spiro atoms. The molecule has 1 aromatic carbocycles. The van der Waals surface area contributed by atoms with Crippen LogP contribution in [0.2, 0.25) is 0 Å². The normalized spacial score (nSPS) is 12.1. The Kier molecular flexibility index (Phi) is 5.55. The lowest BCUT2D eigenvalue weighted by Gasteiger charge is -2.14. The number of carbonyl (C=O) groups excluding carboxylic acids is 1. The molecule has 1 atom stereocenters. The zero-order valence-electron chi connectivity index (χ0n) is 12.0. The van der Waals surface area contributed by atoms with E-state index in [9.17, 15) is 13.2 Å². The van der Waals surface area contributed by atoms with E-state index in [-0.39, 0.29) is 5.69 Å². The Labute approximate surface area is 124 Å². The van der Waals surface area contributed by atoms with E-state index >= 15 is 0 Å². The van der Waals surface area contributed by atoms with Crippen molar-refractivity contribution in [3.05, 3.63) is 23.8 Å². The number of carbonyl (C=O) groups is 1. The molecule has 1 aromatic rings. The maximum Gasteiger partial charge on any atom is 0.309 e. The zero-order chi connectivity index (χ0) is 16.0. The van der Waals surface area contributed by atoms with Gasteiger partial charge in [0.15, 0.2) is 0 Å². The molecule has 0 aliphatic rings. The number of methoxy groups -OCH3 is 1. The Morgan fingerprint density at radius 2 is 2.10 bits per heavy atom. The van der Waals surface area contributed by atoms with Gasteiger partial charge in [-0.25, -0.2) is 8.42 Å². The molecule has 0 aromatic heterocycles. The standard InChI is InChI=1S/C13H17N3O4S/c1-9(13(17)20-3)8-21(18,19)16-12-6-10(7-14)4-5-11(12)15-2/h4-6,9,15-16H,8H2,1-3H3/t9-/m0/s1. The van der Waals surface area contributed by atoms with Gasteiger partial charge in [0.1, 0.15) is 0 Å². The second kappa shape index (κ2) is 6.95. The number of benzene rings is 1. The Hall–Kier alpha value is -2.27. The van der Waals surface area contributed by atoms with Crippen LogP contribution < -0.4 is 10.0 Å². The van der Waals surface area contributed by atoms with E-state index in [2.05, 4.69) is 14.8 Å². The monoisotopic (exact) mass is 311 g/mol. The highest BCUT2D eigenvalue weighted by Crippen LogP contribution is 2.24. The van der Waals surface area contributed by atoms with Gasteiger partial charge in [-0.1, -0.05) is 6.92 Å². The lowest BCUT2D eigenvalue weighted by Crippen LogP contribution is -2.27. The van der Waals surface area contributed by atoms with Crippen LogP contribution >= 0.6 is 0 Å². The second-order valence-electron chi connectivity index (χ2n) is 4.43. The fourth-order valence-corrected chi connectivity index (χ4v) is 3.11. The second-order valence-corrected chi connectivity index (χ2v) is 6.20. The molecule has 0 amide bonds. The van der Waals surface area contributed by atoms with Gasteiger partial charge in [0.25, 0.3) is 0 Å². The summed E-state index contributed by atoms with van der Waals surface area (Å²) in [6.07, 6.45) is 0. The molecule has 0 radical (unpaired) electrons. The van der Waals surface area contributed by atoms with Crippen molar-refractivity contribution in [3.63, 3.8) is 0 Å². The van der Waals surface area contributed by atoms with Gasteiger partial charge in [-0.2, -0.15) is 5.26 Å². The summed E-state index contributed by atoms with van der Waals surface area (Å²) in [5.74, 6) is -1.79. The van der Waals surface area contributed by atoms with Crippen LogP contribution in [0, 0.1) is 17.2 Å². The van der Waals surface area contributed by atoms with Gasteiger partial charge >= 0.3 is 5.97 Å². The predicted octanol–water partition coefficient (Wildman–Crippen LogP) is 1.15. The third kappa shape index (κ3) is 4.65. The Morgan fingerprint density at radius 3 is 2.62 bits per heavy atom. The van der Waals surface area contributed by atoms with Gasteiger partial charge in [0.2, 0.25) is 10.0 Å². The van der Waals surface area contributed by atoms with Gasteiger partial charge in [-0.15, -0.1) is 0 Å². The third-order valence-corrected chi connectivity index (χ3v) is 4.23. The number of ether oxygens (including phenoxy) is 1. The van der Waals surface area contributed by atoms with E-state index in [1.165, 1.54) is 20.1 Å². The van der Waals surface area contributed by atoms with E-state index in [0.717, 1.165) is 0 Å². The van der Waals surface area contributed by atoms with Crippen LogP contribution in [0.3, 0.4) is 0 Å². The van der Waals surface area contributed by atoms with Crippen LogP contribution in [0.1, 0.15) is 12.5 Å². The summed E-state index contributed by atoms with van der Waals surface area (Å²) in [4.78, 5) is 11.3. The molecule has 8 heteroatoms. The van der Waals surface area contributed by atoms with Gasteiger partial charge in [-0.3, -0.25) is 9.52 Å². The first-order chi connectivity index (χ1) is 9.82. The summed E-state index contributed by atoms with van der Waals surface area (Å²) >= 11 is 0. The number of sulfonamides is 1. The molecule has 0 unspecified atom stereocenters. The molecule has 1 rings (SSSR count). The highest BCUT2D eigenvalue weighted by molar-refractivity contribution is 7.92. The smallest absolute Gasteiger partial charge is 0.309 e. The molecule has 0 fully saturated rings. The van der Waals surface area contributed by atoms with Crippen LogP contribution in [0.4, 0.5) is 11.4 Å². The van der Waals surface area contributed by atoms with Crippen molar-refractivity contribution in [3.8, 4) is 6.07 Å². The van der Waals surface area contributed by atoms with Crippen LogP contribution in [0.5, 0.6) is 0 Å². The Bertz CT molecular complexity index is 664. The van der Waals surface area contributed by atoms with Crippen molar-refractivity contribution < 1.29 is 17.9 Å². The third-order valence-electron chi connectivity index (χ3n) is 2.76. The number of rotatable bonds is 6. The molecule has 7 nitrogen and oxygen atoms in total. The lowest BCUT2D eigenvalue weighted by atomic mass is 10.2. The number of hydrogen-bond acceptors (Lipinski definition) is 6. The quantitative estimate of drug-likeness (QED) is 0.763. The first-order valence-corrected chi connectivity index (χ1v) is 7.78. The number of esters is 1. The molecule has 0 heterocycles. The molecular weight excluding hydrogens is 294 g/mol. The molecule has 0 bridgehead atoms. The van der Waals surface area contributed by atoms with Gasteiger partial charge in [0.05, 0.1) is 41.8 Å². The minimum Gasteiger partial charge on any atom is -0.469 e. The van der Waals surface area contributed by atoms with Crippen molar-refractivity contribution in [2.24, 2.45) is 5.92 Å². The van der Waals surface area contributed by atoms with E-state index in [0.29, 0.717) is 11.3 Å². The highest BCUT2D eigenvalue weighted by atomic mass is 32.2. The van der Waals surface area contributed by atoms with Gasteiger partial charge < -0.3 is 10.1 Å². The van der Waals surface area contributed by atoms with E-state index < -0.39 is 27.7 Å². The molecule has 0 aliphatic carbocycles. The van der Waals surface area contributed by atoms with Crippen molar-refractivity contribution >= 4 is 27.4 Å².